The fourth-order valence-electron chi connectivity index (χ4n) is 1.88. The average molecular weight is 250 g/mol. The predicted octanol–water partition coefficient (Wildman–Crippen LogP) is 3.15. The molecule has 0 amide bonds. The first-order valence-electron chi connectivity index (χ1n) is 5.50. The molecule has 2 N–H and O–H groups in total. The lowest BCUT2D eigenvalue weighted by Crippen LogP contribution is -2.17. The maximum atomic E-state index is 5.80. The molecule has 0 radical (unpaired) electrons. The van der Waals surface area contributed by atoms with Gasteiger partial charge in [-0.2, -0.15) is 0 Å². The lowest BCUT2D eigenvalue weighted by Gasteiger charge is -2.08. The first kappa shape index (κ1) is 10.4. The van der Waals surface area contributed by atoms with Crippen molar-refractivity contribution in [1.29, 1.82) is 0 Å². The van der Waals surface area contributed by atoms with Crippen LogP contribution in [0.25, 0.3) is 10.6 Å². The van der Waals surface area contributed by atoms with Gasteiger partial charge in [0.1, 0.15) is 0 Å². The van der Waals surface area contributed by atoms with E-state index in [1.165, 1.54) is 22.7 Å². The second-order valence-corrected chi connectivity index (χ2v) is 6.38. The number of nitrogens with two attached hydrogens (primary N) is 1. The van der Waals surface area contributed by atoms with E-state index in [1.807, 2.05) is 0 Å². The van der Waals surface area contributed by atoms with Gasteiger partial charge in [0.15, 0.2) is 0 Å². The molecule has 1 aliphatic carbocycles. The Morgan fingerprint density at radius 2 is 2.25 bits per heavy atom. The van der Waals surface area contributed by atoms with Gasteiger partial charge >= 0.3 is 0 Å². The quantitative estimate of drug-likeness (QED) is 0.905. The number of hydrogen-bond acceptors (Lipinski definition) is 4. The second kappa shape index (κ2) is 3.95. The summed E-state index contributed by atoms with van der Waals surface area (Å²) in [5.74, 6) is 0. The van der Waals surface area contributed by atoms with Gasteiger partial charge in [-0.1, -0.05) is 6.07 Å². The van der Waals surface area contributed by atoms with Crippen molar-refractivity contribution in [1.82, 2.24) is 4.98 Å². The molecule has 16 heavy (non-hydrogen) atoms. The molecule has 0 aliphatic heterocycles. The topological polar surface area (TPSA) is 38.9 Å². The average Bonchev–Trinajstić information content (AvgIpc) is 2.72. The van der Waals surface area contributed by atoms with E-state index in [0.717, 1.165) is 18.7 Å². The summed E-state index contributed by atoms with van der Waals surface area (Å²) < 4.78 is 0. The molecule has 0 saturated heterocycles. The zero-order chi connectivity index (χ0) is 11.0. The molecule has 84 valence electrons. The second-order valence-electron chi connectivity index (χ2n) is 4.48. The Morgan fingerprint density at radius 3 is 2.88 bits per heavy atom. The lowest BCUT2D eigenvalue weighted by molar-refractivity contribution is 0.520. The Bertz CT molecular complexity index is 469. The maximum absolute atomic E-state index is 5.80. The highest BCUT2D eigenvalue weighted by molar-refractivity contribution is 7.14. The molecule has 2 aromatic rings. The summed E-state index contributed by atoms with van der Waals surface area (Å²) in [5, 5.41) is 5.50. The van der Waals surface area contributed by atoms with Crippen molar-refractivity contribution >= 4 is 22.7 Å². The Labute approximate surface area is 103 Å². The largest absolute Gasteiger partial charge is 0.330 e. The smallest absolute Gasteiger partial charge is 0.0938 e. The molecule has 2 nitrogen and oxygen atoms in total. The molecule has 0 spiro atoms. The number of thiophene rings is 1. The van der Waals surface area contributed by atoms with Crippen molar-refractivity contribution in [2.75, 3.05) is 6.54 Å². The van der Waals surface area contributed by atoms with Crippen molar-refractivity contribution in [3.63, 3.8) is 0 Å². The van der Waals surface area contributed by atoms with Crippen molar-refractivity contribution < 1.29 is 0 Å². The number of thiazole rings is 1. The summed E-state index contributed by atoms with van der Waals surface area (Å²) in [6, 6.07) is 4.20. The molecular formula is C12H14N2S2. The Morgan fingerprint density at radius 1 is 1.38 bits per heavy atom. The van der Waals surface area contributed by atoms with Gasteiger partial charge in [0, 0.05) is 11.8 Å². The van der Waals surface area contributed by atoms with Gasteiger partial charge in [-0.05, 0) is 36.2 Å². The Balaban J connectivity index is 1.78. The molecule has 0 aromatic carbocycles. The van der Waals surface area contributed by atoms with Gasteiger partial charge in [0.05, 0.1) is 15.6 Å². The molecule has 0 atom stereocenters. The third-order valence-corrected chi connectivity index (χ3v) is 4.98. The normalized spacial score (nSPS) is 17.6. The molecule has 2 heterocycles. The van der Waals surface area contributed by atoms with E-state index < -0.39 is 0 Å². The summed E-state index contributed by atoms with van der Waals surface area (Å²) >= 11 is 3.52. The first-order chi connectivity index (χ1) is 7.81. The Hall–Kier alpha value is -0.710. The van der Waals surface area contributed by atoms with Gasteiger partial charge in [-0.15, -0.1) is 22.7 Å². The van der Waals surface area contributed by atoms with Crippen molar-refractivity contribution in [3.05, 3.63) is 27.9 Å². The predicted molar refractivity (Wildman–Crippen MR) is 69.9 cm³/mol. The van der Waals surface area contributed by atoms with E-state index in [2.05, 4.69) is 22.9 Å². The molecule has 0 bridgehead atoms. The van der Waals surface area contributed by atoms with Gasteiger partial charge in [-0.25, -0.2) is 4.98 Å². The molecule has 1 fully saturated rings. The highest BCUT2D eigenvalue weighted by atomic mass is 32.1. The van der Waals surface area contributed by atoms with Crippen LogP contribution in [-0.2, 0) is 6.42 Å². The Kier molecular flexibility index (Phi) is 2.58. The van der Waals surface area contributed by atoms with Crippen LogP contribution < -0.4 is 5.73 Å². The molecule has 0 unspecified atom stereocenters. The van der Waals surface area contributed by atoms with E-state index in [1.54, 1.807) is 22.7 Å². The fraction of sp³-hybridized carbons (Fsp3) is 0.417. The van der Waals surface area contributed by atoms with Crippen LogP contribution in [-0.4, -0.2) is 11.5 Å². The van der Waals surface area contributed by atoms with Crippen molar-refractivity contribution in [2.24, 2.45) is 11.1 Å². The monoisotopic (exact) mass is 250 g/mol. The van der Waals surface area contributed by atoms with Gasteiger partial charge < -0.3 is 5.73 Å². The van der Waals surface area contributed by atoms with E-state index in [4.69, 9.17) is 10.7 Å². The van der Waals surface area contributed by atoms with Crippen molar-refractivity contribution in [3.8, 4) is 10.6 Å². The van der Waals surface area contributed by atoms with Crippen LogP contribution in [0, 0.1) is 5.41 Å². The summed E-state index contributed by atoms with van der Waals surface area (Å²) in [4.78, 5) is 5.96. The summed E-state index contributed by atoms with van der Waals surface area (Å²) in [6.45, 7) is 0.806. The molecule has 1 saturated carbocycles. The fourth-order valence-corrected chi connectivity index (χ4v) is 3.61. The highest BCUT2D eigenvalue weighted by Crippen LogP contribution is 2.47. The maximum Gasteiger partial charge on any atom is 0.0938 e. The van der Waals surface area contributed by atoms with E-state index in [0.29, 0.717) is 5.41 Å². The van der Waals surface area contributed by atoms with Crippen LogP contribution in [0.1, 0.15) is 17.8 Å². The number of nitrogens with zero attached hydrogens (tertiary/aromatic N) is 1. The van der Waals surface area contributed by atoms with Crippen LogP contribution in [0.3, 0.4) is 0 Å². The minimum atomic E-state index is 0.393. The lowest BCUT2D eigenvalue weighted by atomic mass is 10.0. The summed E-state index contributed by atoms with van der Waals surface area (Å²) in [5.41, 5.74) is 7.32. The summed E-state index contributed by atoms with van der Waals surface area (Å²) in [7, 11) is 0. The van der Waals surface area contributed by atoms with Crippen LogP contribution in [0.4, 0.5) is 0 Å². The zero-order valence-corrected chi connectivity index (χ0v) is 10.6. The first-order valence-corrected chi connectivity index (χ1v) is 7.26. The summed E-state index contributed by atoms with van der Waals surface area (Å²) in [6.07, 6.45) is 3.62. The number of aromatic nitrogens is 1. The zero-order valence-electron chi connectivity index (χ0n) is 8.98. The third kappa shape index (κ3) is 1.93. The van der Waals surface area contributed by atoms with E-state index in [-0.39, 0.29) is 0 Å². The minimum absolute atomic E-state index is 0.393. The van der Waals surface area contributed by atoms with Crippen molar-refractivity contribution in [2.45, 2.75) is 19.3 Å². The molecule has 3 rings (SSSR count). The number of rotatable bonds is 4. The SMILES string of the molecule is NCC1(Cc2nc(-c3cccs3)cs2)CC1. The van der Waals surface area contributed by atoms with Crippen LogP contribution in [0.2, 0.25) is 0 Å². The van der Waals surface area contributed by atoms with Gasteiger partial charge in [0.25, 0.3) is 0 Å². The number of hydrogen-bond donors (Lipinski definition) is 1. The van der Waals surface area contributed by atoms with Crippen LogP contribution in [0.15, 0.2) is 22.9 Å². The van der Waals surface area contributed by atoms with Crippen LogP contribution >= 0.6 is 22.7 Å². The molecule has 1 aliphatic rings. The third-order valence-electron chi connectivity index (χ3n) is 3.24. The highest BCUT2D eigenvalue weighted by Gasteiger charge is 2.41. The van der Waals surface area contributed by atoms with E-state index in [9.17, 15) is 0 Å². The standard InChI is InChI=1S/C12H14N2S2/c13-8-12(3-4-12)6-11-14-9(7-16-11)10-2-1-5-15-10/h1-2,5,7H,3-4,6,8,13H2. The molecule has 4 heteroatoms. The minimum Gasteiger partial charge on any atom is -0.330 e. The van der Waals surface area contributed by atoms with Crippen LogP contribution in [0.5, 0.6) is 0 Å². The van der Waals surface area contributed by atoms with E-state index >= 15 is 0 Å². The molecule has 2 aromatic heterocycles. The molecular weight excluding hydrogens is 236 g/mol. The van der Waals surface area contributed by atoms with Gasteiger partial charge in [-0.3, -0.25) is 0 Å². The van der Waals surface area contributed by atoms with Gasteiger partial charge in [0.2, 0.25) is 0 Å².